The Labute approximate surface area is 122 Å². The van der Waals surface area contributed by atoms with E-state index in [2.05, 4.69) is 0 Å². The fourth-order valence-electron chi connectivity index (χ4n) is 2.55. The maximum absolute atomic E-state index is 11.4. The first kappa shape index (κ1) is 17.4. The van der Waals surface area contributed by atoms with Crippen molar-refractivity contribution in [1.29, 1.82) is 0 Å². The van der Waals surface area contributed by atoms with E-state index in [-0.39, 0.29) is 12.4 Å². The average Bonchev–Trinajstić information content (AvgIpc) is 2.90. The van der Waals surface area contributed by atoms with E-state index in [1.807, 2.05) is 0 Å². The second-order valence-electron chi connectivity index (χ2n) is 5.37. The highest BCUT2D eigenvalue weighted by atomic mass is 16.7. The van der Waals surface area contributed by atoms with Crippen molar-refractivity contribution in [2.24, 2.45) is 5.73 Å². The van der Waals surface area contributed by atoms with Crippen molar-refractivity contribution in [2.45, 2.75) is 63.6 Å². The number of unbranched alkanes of at least 4 members (excludes halogenated alkanes) is 6. The second kappa shape index (κ2) is 10.1. The van der Waals surface area contributed by atoms with Gasteiger partial charge < -0.3 is 19.9 Å². The fraction of sp³-hybridized carbons (Fsp3) is 0.933. The highest BCUT2D eigenvalue weighted by molar-refractivity contribution is 5.70. The molecule has 0 amide bonds. The summed E-state index contributed by atoms with van der Waals surface area (Å²) < 4.78 is 16.0. The number of nitrogens with two attached hydrogens (primary N) is 1. The van der Waals surface area contributed by atoms with Gasteiger partial charge in [-0.2, -0.15) is 0 Å². The third-order valence-corrected chi connectivity index (χ3v) is 3.72. The van der Waals surface area contributed by atoms with Crippen molar-refractivity contribution >= 4 is 5.97 Å². The maximum Gasteiger partial charge on any atom is 0.310 e. The van der Waals surface area contributed by atoms with Gasteiger partial charge in [0, 0.05) is 6.42 Å². The molecule has 1 saturated heterocycles. The van der Waals surface area contributed by atoms with Gasteiger partial charge in [0.2, 0.25) is 0 Å². The summed E-state index contributed by atoms with van der Waals surface area (Å²) in [5, 5.41) is 0. The lowest BCUT2D eigenvalue weighted by Gasteiger charge is -2.26. The molecule has 118 valence electrons. The van der Waals surface area contributed by atoms with Gasteiger partial charge in [0.1, 0.15) is 0 Å². The number of ether oxygens (including phenoxy) is 3. The van der Waals surface area contributed by atoms with Crippen LogP contribution in [0.1, 0.15) is 57.8 Å². The van der Waals surface area contributed by atoms with Crippen LogP contribution in [0.4, 0.5) is 0 Å². The SMILES string of the molecule is COC(=O)CC1(CCCCCCCCCN)OCCO1. The van der Waals surface area contributed by atoms with Gasteiger partial charge in [0.15, 0.2) is 5.79 Å². The largest absolute Gasteiger partial charge is 0.469 e. The number of carbonyl (C=O) groups is 1. The third kappa shape index (κ3) is 6.68. The first-order chi connectivity index (χ1) is 9.72. The average molecular weight is 287 g/mol. The lowest BCUT2D eigenvalue weighted by atomic mass is 10.0. The number of methoxy groups -OCH3 is 1. The molecule has 0 aromatic heterocycles. The third-order valence-electron chi connectivity index (χ3n) is 3.72. The Kier molecular flexibility index (Phi) is 8.82. The molecule has 1 aliphatic rings. The van der Waals surface area contributed by atoms with Crippen LogP contribution in [0.3, 0.4) is 0 Å². The minimum Gasteiger partial charge on any atom is -0.469 e. The van der Waals surface area contributed by atoms with E-state index < -0.39 is 5.79 Å². The summed E-state index contributed by atoms with van der Waals surface area (Å²) >= 11 is 0. The number of carbonyl (C=O) groups excluding carboxylic acids is 1. The Morgan fingerprint density at radius 2 is 1.60 bits per heavy atom. The van der Waals surface area contributed by atoms with Gasteiger partial charge in [-0.25, -0.2) is 0 Å². The van der Waals surface area contributed by atoms with Crippen LogP contribution in [0, 0.1) is 0 Å². The molecule has 1 heterocycles. The molecule has 0 unspecified atom stereocenters. The molecular weight excluding hydrogens is 258 g/mol. The van der Waals surface area contributed by atoms with Crippen molar-refractivity contribution in [3.63, 3.8) is 0 Å². The summed E-state index contributed by atoms with van der Waals surface area (Å²) in [7, 11) is 1.40. The van der Waals surface area contributed by atoms with E-state index in [0.29, 0.717) is 13.2 Å². The summed E-state index contributed by atoms with van der Waals surface area (Å²) in [6.45, 7) is 1.93. The van der Waals surface area contributed by atoms with Gasteiger partial charge in [0.05, 0.1) is 26.7 Å². The zero-order valence-electron chi connectivity index (χ0n) is 12.7. The second-order valence-corrected chi connectivity index (χ2v) is 5.37. The van der Waals surface area contributed by atoms with Crippen LogP contribution in [-0.2, 0) is 19.0 Å². The summed E-state index contributed by atoms with van der Waals surface area (Å²) in [5.74, 6) is -0.999. The van der Waals surface area contributed by atoms with Crippen LogP contribution in [0.2, 0.25) is 0 Å². The predicted octanol–water partition coefficient (Wildman–Crippen LogP) is 2.37. The summed E-state index contributed by atoms with van der Waals surface area (Å²) in [4.78, 5) is 11.4. The van der Waals surface area contributed by atoms with Crippen LogP contribution in [0.25, 0.3) is 0 Å². The highest BCUT2D eigenvalue weighted by Gasteiger charge is 2.38. The molecule has 0 spiro atoms. The van der Waals surface area contributed by atoms with E-state index in [1.165, 1.54) is 32.8 Å². The van der Waals surface area contributed by atoms with Crippen LogP contribution < -0.4 is 5.73 Å². The summed E-state index contributed by atoms with van der Waals surface area (Å²) in [6.07, 6.45) is 9.23. The molecule has 0 saturated carbocycles. The first-order valence-corrected chi connectivity index (χ1v) is 7.77. The molecule has 20 heavy (non-hydrogen) atoms. The van der Waals surface area contributed by atoms with E-state index in [1.54, 1.807) is 0 Å². The number of hydrogen-bond donors (Lipinski definition) is 1. The Hall–Kier alpha value is -0.650. The maximum atomic E-state index is 11.4. The molecule has 1 rings (SSSR count). The number of rotatable bonds is 11. The predicted molar refractivity (Wildman–Crippen MR) is 77.3 cm³/mol. The molecule has 5 heteroatoms. The van der Waals surface area contributed by atoms with Crippen molar-refractivity contribution < 1.29 is 19.0 Å². The van der Waals surface area contributed by atoms with Crippen LogP contribution >= 0.6 is 0 Å². The highest BCUT2D eigenvalue weighted by Crippen LogP contribution is 2.30. The van der Waals surface area contributed by atoms with Crippen molar-refractivity contribution in [1.82, 2.24) is 0 Å². The van der Waals surface area contributed by atoms with Crippen LogP contribution in [0.15, 0.2) is 0 Å². The molecule has 0 bridgehead atoms. The summed E-state index contributed by atoms with van der Waals surface area (Å²) in [6, 6.07) is 0. The van der Waals surface area contributed by atoms with Gasteiger partial charge in [-0.3, -0.25) is 4.79 Å². The Morgan fingerprint density at radius 1 is 1.05 bits per heavy atom. The molecule has 1 aliphatic heterocycles. The van der Waals surface area contributed by atoms with E-state index >= 15 is 0 Å². The van der Waals surface area contributed by atoms with Crippen molar-refractivity contribution in [2.75, 3.05) is 26.9 Å². The van der Waals surface area contributed by atoms with Gasteiger partial charge in [-0.1, -0.05) is 32.1 Å². The number of esters is 1. The fourth-order valence-corrected chi connectivity index (χ4v) is 2.55. The lowest BCUT2D eigenvalue weighted by Crippen LogP contribution is -2.33. The monoisotopic (exact) mass is 287 g/mol. The van der Waals surface area contributed by atoms with E-state index in [9.17, 15) is 4.79 Å². The molecule has 0 aromatic rings. The molecule has 0 atom stereocenters. The molecular formula is C15H29NO4. The number of hydrogen-bond acceptors (Lipinski definition) is 5. The van der Waals surface area contributed by atoms with Gasteiger partial charge in [-0.15, -0.1) is 0 Å². The Balaban J connectivity index is 2.12. The van der Waals surface area contributed by atoms with E-state index in [4.69, 9.17) is 19.9 Å². The van der Waals surface area contributed by atoms with Gasteiger partial charge in [-0.05, 0) is 19.4 Å². The smallest absolute Gasteiger partial charge is 0.310 e. The normalized spacial score (nSPS) is 17.3. The quantitative estimate of drug-likeness (QED) is 0.466. The Morgan fingerprint density at radius 3 is 2.15 bits per heavy atom. The topological polar surface area (TPSA) is 70.8 Å². The zero-order valence-corrected chi connectivity index (χ0v) is 12.7. The van der Waals surface area contributed by atoms with Crippen molar-refractivity contribution in [3.8, 4) is 0 Å². The van der Waals surface area contributed by atoms with Crippen LogP contribution in [0.5, 0.6) is 0 Å². The van der Waals surface area contributed by atoms with Gasteiger partial charge >= 0.3 is 5.97 Å². The molecule has 0 aliphatic carbocycles. The zero-order chi connectivity index (χ0) is 14.7. The molecule has 1 fully saturated rings. The molecule has 0 aromatic carbocycles. The standard InChI is InChI=1S/C15H29NO4/c1-18-14(17)13-15(19-11-12-20-15)9-7-5-3-2-4-6-8-10-16/h2-13,16H2,1H3. The minimum absolute atomic E-state index is 0.194. The summed E-state index contributed by atoms with van der Waals surface area (Å²) in [5.41, 5.74) is 5.46. The molecule has 0 radical (unpaired) electrons. The van der Waals surface area contributed by atoms with E-state index in [0.717, 1.165) is 32.2 Å². The first-order valence-electron chi connectivity index (χ1n) is 7.77. The lowest BCUT2D eigenvalue weighted by molar-refractivity contribution is -0.184. The van der Waals surface area contributed by atoms with Crippen LogP contribution in [-0.4, -0.2) is 38.6 Å². The Bertz CT molecular complexity index is 265. The van der Waals surface area contributed by atoms with Gasteiger partial charge in [0.25, 0.3) is 0 Å². The minimum atomic E-state index is -0.730. The van der Waals surface area contributed by atoms with Crippen molar-refractivity contribution in [3.05, 3.63) is 0 Å². The molecule has 5 nitrogen and oxygen atoms in total. The molecule has 2 N–H and O–H groups in total.